The summed E-state index contributed by atoms with van der Waals surface area (Å²) in [6, 6.07) is 12.1. The highest BCUT2D eigenvalue weighted by atomic mass is 15.1. The number of rotatable bonds is 4. The Morgan fingerprint density at radius 1 is 1.05 bits per heavy atom. The lowest BCUT2D eigenvalue weighted by Gasteiger charge is -2.09. The second-order valence-electron chi connectivity index (χ2n) is 4.48. The van der Waals surface area contributed by atoms with E-state index < -0.39 is 0 Å². The number of benzene rings is 1. The molecule has 100 valence electrons. The van der Waals surface area contributed by atoms with Crippen LogP contribution >= 0.6 is 0 Å². The van der Waals surface area contributed by atoms with Crippen LogP contribution in [0.25, 0.3) is 11.3 Å². The first-order chi connectivity index (χ1) is 9.83. The molecule has 5 heteroatoms. The summed E-state index contributed by atoms with van der Waals surface area (Å²) in [7, 11) is 0. The van der Waals surface area contributed by atoms with Crippen molar-refractivity contribution in [3.8, 4) is 11.3 Å². The zero-order chi connectivity index (χ0) is 13.8. The van der Waals surface area contributed by atoms with Gasteiger partial charge >= 0.3 is 0 Å². The Balaban J connectivity index is 1.68. The van der Waals surface area contributed by atoms with E-state index in [1.165, 1.54) is 5.56 Å². The number of hydrogen-bond donors (Lipinski definition) is 3. The lowest BCUT2D eigenvalue weighted by molar-refractivity contribution is 1.09. The number of hydrogen-bond acceptors (Lipinski definition) is 4. The molecule has 0 spiro atoms. The van der Waals surface area contributed by atoms with Gasteiger partial charge in [-0.3, -0.25) is 10.1 Å². The van der Waals surface area contributed by atoms with Gasteiger partial charge in [0.15, 0.2) is 0 Å². The zero-order valence-electron chi connectivity index (χ0n) is 10.9. The molecule has 0 saturated heterocycles. The normalized spacial score (nSPS) is 10.4. The number of H-pyrrole nitrogens is 1. The summed E-state index contributed by atoms with van der Waals surface area (Å²) in [5, 5.41) is 10.2. The molecule has 0 fully saturated rings. The molecule has 20 heavy (non-hydrogen) atoms. The van der Waals surface area contributed by atoms with Gasteiger partial charge in [0.2, 0.25) is 0 Å². The number of nitrogens with zero attached hydrogens (tertiary/aromatic N) is 2. The summed E-state index contributed by atoms with van der Waals surface area (Å²) >= 11 is 0. The second-order valence-corrected chi connectivity index (χ2v) is 4.48. The van der Waals surface area contributed by atoms with Crippen molar-refractivity contribution in [2.75, 3.05) is 11.1 Å². The van der Waals surface area contributed by atoms with E-state index in [2.05, 4.69) is 44.8 Å². The van der Waals surface area contributed by atoms with Crippen molar-refractivity contribution in [2.45, 2.75) is 6.54 Å². The summed E-state index contributed by atoms with van der Waals surface area (Å²) in [5.41, 5.74) is 10.7. The average Bonchev–Trinajstić information content (AvgIpc) is 3.01. The van der Waals surface area contributed by atoms with E-state index in [4.69, 9.17) is 5.73 Å². The minimum Gasteiger partial charge on any atom is -0.396 e. The molecule has 0 aliphatic carbocycles. The molecule has 0 aliphatic rings. The van der Waals surface area contributed by atoms with Gasteiger partial charge in [0.1, 0.15) is 0 Å². The highest BCUT2D eigenvalue weighted by Gasteiger charge is 2.00. The summed E-state index contributed by atoms with van der Waals surface area (Å²) in [6.45, 7) is 0.720. The molecule has 0 saturated carbocycles. The van der Waals surface area contributed by atoms with E-state index >= 15 is 0 Å². The number of pyridine rings is 1. The van der Waals surface area contributed by atoms with Crippen LogP contribution in [0.1, 0.15) is 5.56 Å². The highest BCUT2D eigenvalue weighted by molar-refractivity contribution is 5.64. The largest absolute Gasteiger partial charge is 0.396 e. The predicted octanol–water partition coefficient (Wildman–Crippen LogP) is 2.67. The fraction of sp³-hybridized carbons (Fsp3) is 0.0667. The van der Waals surface area contributed by atoms with Crippen LogP contribution < -0.4 is 11.1 Å². The molecule has 0 unspecified atom stereocenters. The molecule has 2 aromatic heterocycles. The van der Waals surface area contributed by atoms with Crippen molar-refractivity contribution in [3.05, 3.63) is 60.6 Å². The molecule has 1 aromatic carbocycles. The molecule has 0 bridgehead atoms. The maximum Gasteiger partial charge on any atom is 0.0736 e. The van der Waals surface area contributed by atoms with Crippen LogP contribution in [0.2, 0.25) is 0 Å². The van der Waals surface area contributed by atoms with E-state index in [0.29, 0.717) is 5.69 Å². The van der Waals surface area contributed by atoms with E-state index in [1.54, 1.807) is 18.6 Å². The SMILES string of the molecule is Nc1cnccc1NCc1ccc(-c2ccn[nH]2)cc1. The van der Waals surface area contributed by atoms with Crippen LogP contribution in [0.3, 0.4) is 0 Å². The Labute approximate surface area is 116 Å². The van der Waals surface area contributed by atoms with Crippen LogP contribution in [0, 0.1) is 0 Å². The van der Waals surface area contributed by atoms with Gasteiger partial charge in [0.25, 0.3) is 0 Å². The number of nitrogens with one attached hydrogen (secondary N) is 2. The minimum absolute atomic E-state index is 0.654. The summed E-state index contributed by atoms with van der Waals surface area (Å²) < 4.78 is 0. The maximum absolute atomic E-state index is 5.84. The van der Waals surface area contributed by atoms with Crippen molar-refractivity contribution in [1.82, 2.24) is 15.2 Å². The van der Waals surface area contributed by atoms with Crippen LogP contribution in [0.15, 0.2) is 55.0 Å². The molecule has 2 heterocycles. The van der Waals surface area contributed by atoms with Gasteiger partial charge in [-0.05, 0) is 23.3 Å². The Kier molecular flexibility index (Phi) is 3.33. The van der Waals surface area contributed by atoms with Crippen LogP contribution in [-0.2, 0) is 6.54 Å². The molecular weight excluding hydrogens is 250 g/mol. The van der Waals surface area contributed by atoms with Crippen molar-refractivity contribution >= 4 is 11.4 Å². The molecule has 0 atom stereocenters. The first kappa shape index (κ1) is 12.2. The topological polar surface area (TPSA) is 79.6 Å². The lowest BCUT2D eigenvalue weighted by Crippen LogP contribution is -2.02. The Morgan fingerprint density at radius 2 is 1.90 bits per heavy atom. The highest BCUT2D eigenvalue weighted by Crippen LogP contribution is 2.19. The third-order valence-corrected chi connectivity index (χ3v) is 3.10. The number of nitrogen functional groups attached to an aromatic ring is 1. The van der Waals surface area contributed by atoms with Gasteiger partial charge < -0.3 is 11.1 Å². The fourth-order valence-corrected chi connectivity index (χ4v) is 1.98. The number of aromatic amines is 1. The lowest BCUT2D eigenvalue weighted by atomic mass is 10.1. The van der Waals surface area contributed by atoms with Crippen LogP contribution in [0.5, 0.6) is 0 Å². The molecular formula is C15H15N5. The zero-order valence-corrected chi connectivity index (χ0v) is 10.9. The third-order valence-electron chi connectivity index (χ3n) is 3.10. The van der Waals surface area contributed by atoms with E-state index in [0.717, 1.165) is 23.5 Å². The molecule has 3 rings (SSSR count). The third kappa shape index (κ3) is 2.61. The minimum atomic E-state index is 0.654. The molecule has 0 radical (unpaired) electrons. The number of nitrogens with two attached hydrogens (primary N) is 1. The van der Waals surface area contributed by atoms with Gasteiger partial charge in [0, 0.05) is 18.9 Å². The Morgan fingerprint density at radius 3 is 2.60 bits per heavy atom. The first-order valence-electron chi connectivity index (χ1n) is 6.35. The quantitative estimate of drug-likeness (QED) is 0.677. The van der Waals surface area contributed by atoms with Gasteiger partial charge in [-0.25, -0.2) is 0 Å². The monoisotopic (exact) mass is 265 g/mol. The molecule has 3 aromatic rings. The Bertz CT molecular complexity index is 674. The van der Waals surface area contributed by atoms with Gasteiger partial charge in [-0.2, -0.15) is 5.10 Å². The molecule has 5 nitrogen and oxygen atoms in total. The summed E-state index contributed by atoms with van der Waals surface area (Å²) in [6.07, 6.45) is 5.11. The smallest absolute Gasteiger partial charge is 0.0736 e. The number of anilines is 2. The average molecular weight is 265 g/mol. The van der Waals surface area contributed by atoms with E-state index in [9.17, 15) is 0 Å². The second kappa shape index (κ2) is 5.44. The van der Waals surface area contributed by atoms with Crippen molar-refractivity contribution in [1.29, 1.82) is 0 Å². The van der Waals surface area contributed by atoms with Gasteiger partial charge in [-0.1, -0.05) is 24.3 Å². The maximum atomic E-state index is 5.84. The fourth-order valence-electron chi connectivity index (χ4n) is 1.98. The standard InChI is InChI=1S/C15H15N5/c16-13-10-17-7-5-15(13)18-9-11-1-3-12(4-2-11)14-6-8-19-20-14/h1-8,10H,9,16H2,(H,17,18)(H,19,20). The first-order valence-corrected chi connectivity index (χ1v) is 6.35. The van der Waals surface area contributed by atoms with E-state index in [-0.39, 0.29) is 0 Å². The van der Waals surface area contributed by atoms with Crippen molar-refractivity contribution in [2.24, 2.45) is 0 Å². The van der Waals surface area contributed by atoms with Crippen LogP contribution in [-0.4, -0.2) is 15.2 Å². The van der Waals surface area contributed by atoms with E-state index in [1.807, 2.05) is 12.1 Å². The summed E-state index contributed by atoms with van der Waals surface area (Å²) in [5.74, 6) is 0. The van der Waals surface area contributed by atoms with Gasteiger partial charge in [0.05, 0.1) is 23.3 Å². The predicted molar refractivity (Wildman–Crippen MR) is 80.0 cm³/mol. The van der Waals surface area contributed by atoms with Crippen molar-refractivity contribution < 1.29 is 0 Å². The van der Waals surface area contributed by atoms with Gasteiger partial charge in [-0.15, -0.1) is 0 Å². The molecule has 0 amide bonds. The number of aromatic nitrogens is 3. The molecule has 4 N–H and O–H groups in total. The van der Waals surface area contributed by atoms with Crippen LogP contribution in [0.4, 0.5) is 11.4 Å². The Hall–Kier alpha value is -2.82. The molecule has 0 aliphatic heterocycles. The van der Waals surface area contributed by atoms with Crippen molar-refractivity contribution in [3.63, 3.8) is 0 Å². The summed E-state index contributed by atoms with van der Waals surface area (Å²) in [4.78, 5) is 3.97.